The average Bonchev–Trinajstić information content (AvgIpc) is 3.24. The lowest BCUT2D eigenvalue weighted by Crippen LogP contribution is -2.48. The first-order chi connectivity index (χ1) is 13.8. The number of nitrogens with one attached hydrogen (secondary N) is 2. The van der Waals surface area contributed by atoms with Crippen LogP contribution in [-0.2, 0) is 5.41 Å². The van der Waals surface area contributed by atoms with Crippen LogP contribution < -0.4 is 10.6 Å². The lowest BCUT2D eigenvalue weighted by atomic mass is 9.90. The van der Waals surface area contributed by atoms with Crippen LogP contribution in [0.4, 0.5) is 10.6 Å². The molecule has 2 aliphatic heterocycles. The van der Waals surface area contributed by atoms with Crippen molar-refractivity contribution in [2.45, 2.75) is 70.9 Å². The van der Waals surface area contributed by atoms with Gasteiger partial charge in [0.05, 0.1) is 11.4 Å². The van der Waals surface area contributed by atoms with E-state index < -0.39 is 0 Å². The van der Waals surface area contributed by atoms with Crippen molar-refractivity contribution in [2.75, 3.05) is 18.4 Å². The normalized spacial score (nSPS) is 22.3. The molecule has 4 rings (SSSR count). The largest absolute Gasteiger partial charge is 0.333 e. The molecule has 0 bridgehead atoms. The van der Waals surface area contributed by atoms with Crippen LogP contribution in [0.2, 0.25) is 0 Å². The molecule has 2 aromatic rings. The van der Waals surface area contributed by atoms with Gasteiger partial charge in [0, 0.05) is 29.6 Å². The summed E-state index contributed by atoms with van der Waals surface area (Å²) >= 11 is 0. The van der Waals surface area contributed by atoms with Gasteiger partial charge in [0.1, 0.15) is 5.82 Å². The zero-order valence-electron chi connectivity index (χ0n) is 18.0. The van der Waals surface area contributed by atoms with E-state index in [1.807, 2.05) is 41.9 Å². The number of urea groups is 1. The van der Waals surface area contributed by atoms with Crippen molar-refractivity contribution in [1.82, 2.24) is 20.0 Å². The smallest absolute Gasteiger partial charge is 0.320 e. The van der Waals surface area contributed by atoms with Gasteiger partial charge < -0.3 is 5.32 Å². The standard InChI is InChI=1S/C23H33N5O/c1-16-20(23(2,3)4)26-28(17-10-6-5-7-11-17)21(16)25-22(29)24-18-13-15-27-14-9-8-12-19(18)27/h5-7,10-11,18-19H,8-9,12-15H2,1-4H3,(H2,24,25,29). The number of amides is 2. The number of rotatable bonds is 3. The first-order valence-corrected chi connectivity index (χ1v) is 10.8. The Morgan fingerprint density at radius 3 is 2.59 bits per heavy atom. The Kier molecular flexibility index (Phi) is 5.38. The van der Waals surface area contributed by atoms with Crippen molar-refractivity contribution in [1.29, 1.82) is 0 Å². The maximum Gasteiger partial charge on any atom is 0.320 e. The fourth-order valence-electron chi connectivity index (χ4n) is 4.84. The Balaban J connectivity index is 1.57. The summed E-state index contributed by atoms with van der Waals surface area (Å²) in [6.45, 7) is 10.7. The molecule has 2 N–H and O–H groups in total. The van der Waals surface area contributed by atoms with Gasteiger partial charge in [-0.05, 0) is 44.9 Å². The SMILES string of the molecule is Cc1c(C(C)(C)C)nn(-c2ccccc2)c1NC(=O)NC1CCN2CCCCC12. The van der Waals surface area contributed by atoms with Gasteiger partial charge in [-0.15, -0.1) is 0 Å². The Bertz CT molecular complexity index is 867. The van der Waals surface area contributed by atoms with Crippen LogP contribution in [0.1, 0.15) is 57.7 Å². The van der Waals surface area contributed by atoms with Gasteiger partial charge in [-0.3, -0.25) is 10.2 Å². The Morgan fingerprint density at radius 1 is 1.10 bits per heavy atom. The molecule has 6 nitrogen and oxygen atoms in total. The number of piperidine rings is 1. The molecule has 2 unspecified atom stereocenters. The summed E-state index contributed by atoms with van der Waals surface area (Å²) in [5.41, 5.74) is 2.85. The van der Waals surface area contributed by atoms with E-state index in [2.05, 4.69) is 36.3 Å². The van der Waals surface area contributed by atoms with Gasteiger partial charge in [0.15, 0.2) is 0 Å². The van der Waals surface area contributed by atoms with Gasteiger partial charge in [0.2, 0.25) is 0 Å². The molecule has 2 aliphatic rings. The van der Waals surface area contributed by atoms with Crippen molar-refractivity contribution >= 4 is 11.8 Å². The number of carbonyl (C=O) groups excluding carboxylic acids is 1. The van der Waals surface area contributed by atoms with E-state index in [-0.39, 0.29) is 17.5 Å². The Hall–Kier alpha value is -2.34. The number of benzene rings is 1. The summed E-state index contributed by atoms with van der Waals surface area (Å²) in [4.78, 5) is 15.5. The number of hydrogen-bond donors (Lipinski definition) is 2. The molecule has 2 atom stereocenters. The van der Waals surface area contributed by atoms with Crippen LogP contribution in [0, 0.1) is 6.92 Å². The lowest BCUT2D eigenvalue weighted by Gasteiger charge is -2.32. The van der Waals surface area contributed by atoms with Gasteiger partial charge in [-0.2, -0.15) is 5.10 Å². The Labute approximate surface area is 173 Å². The molecular formula is C23H33N5O. The minimum absolute atomic E-state index is 0.106. The molecule has 0 saturated carbocycles. The molecule has 6 heteroatoms. The van der Waals surface area contributed by atoms with E-state index in [0.717, 1.165) is 35.7 Å². The molecule has 2 amide bonds. The molecule has 29 heavy (non-hydrogen) atoms. The van der Waals surface area contributed by atoms with Crippen molar-refractivity contribution in [3.63, 3.8) is 0 Å². The highest BCUT2D eigenvalue weighted by atomic mass is 16.2. The molecule has 1 aromatic heterocycles. The summed E-state index contributed by atoms with van der Waals surface area (Å²) in [7, 11) is 0. The highest BCUT2D eigenvalue weighted by Gasteiger charge is 2.36. The van der Waals surface area contributed by atoms with Gasteiger partial charge in [0.25, 0.3) is 0 Å². The maximum absolute atomic E-state index is 13.0. The summed E-state index contributed by atoms with van der Waals surface area (Å²) in [5.74, 6) is 0.747. The zero-order chi connectivity index (χ0) is 20.6. The van der Waals surface area contributed by atoms with Gasteiger partial charge >= 0.3 is 6.03 Å². The molecule has 2 fully saturated rings. The topological polar surface area (TPSA) is 62.2 Å². The highest BCUT2D eigenvalue weighted by Crippen LogP contribution is 2.32. The summed E-state index contributed by atoms with van der Waals surface area (Å²) in [6.07, 6.45) is 4.75. The Morgan fingerprint density at radius 2 is 1.86 bits per heavy atom. The zero-order valence-corrected chi connectivity index (χ0v) is 18.0. The highest BCUT2D eigenvalue weighted by molar-refractivity contribution is 5.90. The second kappa shape index (κ2) is 7.82. The van der Waals surface area contributed by atoms with Gasteiger partial charge in [-0.1, -0.05) is 45.4 Å². The van der Waals surface area contributed by atoms with Crippen LogP contribution in [0.3, 0.4) is 0 Å². The second-order valence-corrected chi connectivity index (χ2v) is 9.41. The molecular weight excluding hydrogens is 362 g/mol. The monoisotopic (exact) mass is 395 g/mol. The minimum atomic E-state index is -0.136. The number of nitrogens with zero attached hydrogens (tertiary/aromatic N) is 3. The first kappa shape index (κ1) is 20.0. The fraction of sp³-hybridized carbons (Fsp3) is 0.565. The van der Waals surface area contributed by atoms with Crippen LogP contribution >= 0.6 is 0 Å². The third kappa shape index (κ3) is 4.04. The molecule has 156 valence electrons. The number of fused-ring (bicyclic) bond motifs is 1. The minimum Gasteiger partial charge on any atom is -0.333 e. The number of carbonyl (C=O) groups is 1. The van der Waals surface area contributed by atoms with Crippen molar-refractivity contribution in [3.05, 3.63) is 41.6 Å². The van der Waals surface area contributed by atoms with Crippen molar-refractivity contribution in [3.8, 4) is 5.69 Å². The predicted octanol–water partition coefficient (Wildman–Crippen LogP) is 4.23. The number of hydrogen-bond acceptors (Lipinski definition) is 3. The number of anilines is 1. The third-order valence-corrected chi connectivity index (χ3v) is 6.24. The molecule has 0 aliphatic carbocycles. The summed E-state index contributed by atoms with van der Waals surface area (Å²) in [5, 5.41) is 11.2. The first-order valence-electron chi connectivity index (χ1n) is 10.8. The van der Waals surface area contributed by atoms with Crippen LogP contribution in [0.25, 0.3) is 5.69 Å². The molecule has 1 aromatic carbocycles. The van der Waals surface area contributed by atoms with E-state index in [1.165, 1.54) is 25.8 Å². The van der Waals surface area contributed by atoms with E-state index in [4.69, 9.17) is 5.10 Å². The molecule has 0 spiro atoms. The van der Waals surface area contributed by atoms with Crippen LogP contribution in [0.5, 0.6) is 0 Å². The predicted molar refractivity (Wildman–Crippen MR) is 117 cm³/mol. The summed E-state index contributed by atoms with van der Waals surface area (Å²) < 4.78 is 1.86. The third-order valence-electron chi connectivity index (χ3n) is 6.24. The van der Waals surface area contributed by atoms with Crippen LogP contribution in [0.15, 0.2) is 30.3 Å². The molecule has 2 saturated heterocycles. The number of aromatic nitrogens is 2. The quantitative estimate of drug-likeness (QED) is 0.818. The number of para-hydroxylation sites is 1. The molecule has 0 radical (unpaired) electrons. The summed E-state index contributed by atoms with van der Waals surface area (Å²) in [6, 6.07) is 10.6. The van der Waals surface area contributed by atoms with E-state index in [1.54, 1.807) is 0 Å². The average molecular weight is 396 g/mol. The van der Waals surface area contributed by atoms with Crippen LogP contribution in [-0.4, -0.2) is 45.9 Å². The van der Waals surface area contributed by atoms with Crippen molar-refractivity contribution < 1.29 is 4.79 Å². The van der Waals surface area contributed by atoms with E-state index >= 15 is 0 Å². The lowest BCUT2D eigenvalue weighted by molar-refractivity contribution is 0.180. The van der Waals surface area contributed by atoms with E-state index in [9.17, 15) is 4.79 Å². The molecule has 3 heterocycles. The van der Waals surface area contributed by atoms with Gasteiger partial charge in [-0.25, -0.2) is 9.48 Å². The maximum atomic E-state index is 13.0. The van der Waals surface area contributed by atoms with Crippen molar-refractivity contribution in [2.24, 2.45) is 0 Å². The van der Waals surface area contributed by atoms with E-state index in [0.29, 0.717) is 6.04 Å². The fourth-order valence-corrected chi connectivity index (χ4v) is 4.84. The second-order valence-electron chi connectivity index (χ2n) is 9.41.